The highest BCUT2D eigenvalue weighted by Gasteiger charge is 2.13. The van der Waals surface area contributed by atoms with Crippen LogP contribution in [0.5, 0.6) is 0 Å². The maximum absolute atomic E-state index is 12.4. The third-order valence-electron chi connectivity index (χ3n) is 4.50. The first kappa shape index (κ1) is 18.0. The Balaban J connectivity index is 1.38. The van der Waals surface area contributed by atoms with Crippen molar-refractivity contribution in [3.8, 4) is 5.69 Å². The van der Waals surface area contributed by atoms with Crippen LogP contribution in [-0.4, -0.2) is 47.1 Å². The number of pyridine rings is 1. The van der Waals surface area contributed by atoms with E-state index in [4.69, 9.17) is 4.74 Å². The van der Waals surface area contributed by atoms with E-state index >= 15 is 0 Å². The van der Waals surface area contributed by atoms with Gasteiger partial charge in [-0.2, -0.15) is 5.10 Å². The molecular weight excluding hydrogens is 356 g/mol. The van der Waals surface area contributed by atoms with E-state index in [-0.39, 0.29) is 6.03 Å². The number of carbonyl (C=O) groups is 1. The SMILES string of the molecule is O=C(NCc1ccnc(N2CCOCC2)c1)Nc1ccccc1-n1cccn1. The molecule has 0 aliphatic carbocycles. The molecule has 1 aliphatic rings. The van der Waals surface area contributed by atoms with Crippen molar-refractivity contribution in [1.29, 1.82) is 0 Å². The number of anilines is 2. The maximum atomic E-state index is 12.4. The van der Waals surface area contributed by atoms with E-state index in [9.17, 15) is 4.79 Å². The predicted molar refractivity (Wildman–Crippen MR) is 107 cm³/mol. The molecular formula is C20H22N6O2. The predicted octanol–water partition coefficient (Wildman–Crippen LogP) is 2.43. The van der Waals surface area contributed by atoms with Gasteiger partial charge in [-0.25, -0.2) is 14.5 Å². The van der Waals surface area contributed by atoms with Gasteiger partial charge in [0.1, 0.15) is 5.82 Å². The summed E-state index contributed by atoms with van der Waals surface area (Å²) in [6, 6.07) is 13.0. The fourth-order valence-corrected chi connectivity index (χ4v) is 3.08. The van der Waals surface area contributed by atoms with Crippen molar-refractivity contribution in [2.24, 2.45) is 0 Å². The van der Waals surface area contributed by atoms with Crippen LogP contribution in [0.15, 0.2) is 61.1 Å². The highest BCUT2D eigenvalue weighted by molar-refractivity contribution is 5.91. The third kappa shape index (κ3) is 4.29. The summed E-state index contributed by atoms with van der Waals surface area (Å²) in [5.41, 5.74) is 2.49. The van der Waals surface area contributed by atoms with Gasteiger partial charge in [0.15, 0.2) is 0 Å². The van der Waals surface area contributed by atoms with Crippen LogP contribution in [0, 0.1) is 0 Å². The monoisotopic (exact) mass is 378 g/mol. The fraction of sp³-hybridized carbons (Fsp3) is 0.250. The molecule has 0 saturated carbocycles. The Morgan fingerprint density at radius 3 is 2.79 bits per heavy atom. The lowest BCUT2D eigenvalue weighted by Crippen LogP contribution is -2.36. The van der Waals surface area contributed by atoms with E-state index in [1.54, 1.807) is 17.1 Å². The zero-order valence-electron chi connectivity index (χ0n) is 15.4. The van der Waals surface area contributed by atoms with Gasteiger partial charge in [0.25, 0.3) is 0 Å². The molecule has 1 saturated heterocycles. The second kappa shape index (κ2) is 8.53. The molecule has 28 heavy (non-hydrogen) atoms. The summed E-state index contributed by atoms with van der Waals surface area (Å²) in [5, 5.41) is 10.0. The first-order valence-corrected chi connectivity index (χ1v) is 9.21. The summed E-state index contributed by atoms with van der Waals surface area (Å²) >= 11 is 0. The van der Waals surface area contributed by atoms with Crippen LogP contribution in [0.3, 0.4) is 0 Å². The first-order valence-electron chi connectivity index (χ1n) is 9.21. The van der Waals surface area contributed by atoms with Gasteiger partial charge in [-0.15, -0.1) is 0 Å². The number of aromatic nitrogens is 3. The average molecular weight is 378 g/mol. The Bertz CT molecular complexity index is 922. The zero-order valence-corrected chi connectivity index (χ0v) is 15.4. The number of urea groups is 1. The van der Waals surface area contributed by atoms with Crippen LogP contribution in [0.4, 0.5) is 16.3 Å². The van der Waals surface area contributed by atoms with E-state index in [0.717, 1.165) is 30.2 Å². The van der Waals surface area contributed by atoms with Gasteiger partial charge in [0.2, 0.25) is 0 Å². The van der Waals surface area contributed by atoms with Crippen molar-refractivity contribution in [2.45, 2.75) is 6.54 Å². The average Bonchev–Trinajstić information content (AvgIpc) is 3.28. The smallest absolute Gasteiger partial charge is 0.319 e. The Labute approximate surface area is 163 Å². The highest BCUT2D eigenvalue weighted by atomic mass is 16.5. The van der Waals surface area contributed by atoms with Gasteiger partial charge >= 0.3 is 6.03 Å². The lowest BCUT2D eigenvalue weighted by molar-refractivity contribution is 0.122. The minimum absolute atomic E-state index is 0.274. The van der Waals surface area contributed by atoms with E-state index in [1.807, 2.05) is 48.7 Å². The first-order chi connectivity index (χ1) is 13.8. The third-order valence-corrected chi connectivity index (χ3v) is 4.50. The normalized spacial score (nSPS) is 13.9. The summed E-state index contributed by atoms with van der Waals surface area (Å²) in [5.74, 6) is 0.909. The van der Waals surface area contributed by atoms with Crippen molar-refractivity contribution in [3.05, 3.63) is 66.6 Å². The highest BCUT2D eigenvalue weighted by Crippen LogP contribution is 2.19. The molecule has 0 bridgehead atoms. The van der Waals surface area contributed by atoms with Crippen LogP contribution in [-0.2, 0) is 11.3 Å². The number of benzene rings is 1. The zero-order chi connectivity index (χ0) is 19.2. The lowest BCUT2D eigenvalue weighted by atomic mass is 10.2. The number of carbonyl (C=O) groups excluding carboxylic acids is 1. The Morgan fingerprint density at radius 2 is 1.96 bits per heavy atom. The van der Waals surface area contributed by atoms with Crippen LogP contribution < -0.4 is 15.5 Å². The number of para-hydroxylation sites is 2. The number of morpholine rings is 1. The Hall–Kier alpha value is -3.39. The number of ether oxygens (including phenoxy) is 1. The molecule has 8 heteroatoms. The van der Waals surface area contributed by atoms with E-state index in [0.29, 0.717) is 25.4 Å². The molecule has 8 nitrogen and oxygen atoms in total. The van der Waals surface area contributed by atoms with Gasteiger partial charge in [0, 0.05) is 38.2 Å². The van der Waals surface area contributed by atoms with Gasteiger partial charge in [-0.1, -0.05) is 12.1 Å². The molecule has 4 rings (SSSR count). The van der Waals surface area contributed by atoms with Crippen molar-refractivity contribution < 1.29 is 9.53 Å². The molecule has 2 N–H and O–H groups in total. The molecule has 2 aromatic heterocycles. The molecule has 1 fully saturated rings. The Morgan fingerprint density at radius 1 is 1.11 bits per heavy atom. The molecule has 0 atom stereocenters. The fourth-order valence-electron chi connectivity index (χ4n) is 3.08. The number of rotatable bonds is 5. The van der Waals surface area contributed by atoms with Crippen LogP contribution in [0.25, 0.3) is 5.69 Å². The van der Waals surface area contributed by atoms with Gasteiger partial charge in [-0.3, -0.25) is 0 Å². The second-order valence-corrected chi connectivity index (χ2v) is 6.40. The number of hydrogen-bond donors (Lipinski definition) is 2. The molecule has 1 aromatic carbocycles. The molecule has 144 valence electrons. The van der Waals surface area contributed by atoms with E-state index < -0.39 is 0 Å². The van der Waals surface area contributed by atoms with Crippen LogP contribution in [0.2, 0.25) is 0 Å². The standard InChI is InChI=1S/C20H22N6O2/c27-20(24-17-4-1-2-5-18(17)26-9-3-7-23-26)22-15-16-6-8-21-19(14-16)25-10-12-28-13-11-25/h1-9,14H,10-13,15H2,(H2,22,24,27). The van der Waals surface area contributed by atoms with E-state index in [2.05, 4.69) is 25.6 Å². The maximum Gasteiger partial charge on any atom is 0.319 e. The lowest BCUT2D eigenvalue weighted by Gasteiger charge is -2.28. The van der Waals surface area contributed by atoms with Crippen LogP contribution >= 0.6 is 0 Å². The van der Waals surface area contributed by atoms with Crippen molar-refractivity contribution in [1.82, 2.24) is 20.1 Å². The molecule has 0 radical (unpaired) electrons. The summed E-state index contributed by atoms with van der Waals surface area (Å²) in [4.78, 5) is 19.0. The number of nitrogens with one attached hydrogen (secondary N) is 2. The second-order valence-electron chi connectivity index (χ2n) is 6.40. The summed E-state index contributed by atoms with van der Waals surface area (Å²) in [6.07, 6.45) is 5.31. The van der Waals surface area contributed by atoms with Crippen molar-refractivity contribution >= 4 is 17.5 Å². The molecule has 0 spiro atoms. The summed E-state index contributed by atoms with van der Waals surface area (Å²) in [6.45, 7) is 3.49. The number of hydrogen-bond acceptors (Lipinski definition) is 5. The number of amides is 2. The van der Waals surface area contributed by atoms with Gasteiger partial charge < -0.3 is 20.3 Å². The molecule has 2 amide bonds. The molecule has 0 unspecified atom stereocenters. The van der Waals surface area contributed by atoms with Crippen LogP contribution in [0.1, 0.15) is 5.56 Å². The Kier molecular flexibility index (Phi) is 5.48. The minimum Gasteiger partial charge on any atom is -0.378 e. The summed E-state index contributed by atoms with van der Waals surface area (Å²) in [7, 11) is 0. The van der Waals surface area contributed by atoms with E-state index in [1.165, 1.54) is 0 Å². The largest absolute Gasteiger partial charge is 0.378 e. The van der Waals surface area contributed by atoms with Crippen molar-refractivity contribution in [2.75, 3.05) is 36.5 Å². The topological polar surface area (TPSA) is 84.3 Å². The molecule has 3 aromatic rings. The van der Waals surface area contributed by atoms with Gasteiger partial charge in [0.05, 0.1) is 24.6 Å². The van der Waals surface area contributed by atoms with Crippen molar-refractivity contribution in [3.63, 3.8) is 0 Å². The minimum atomic E-state index is -0.274. The number of nitrogens with zero attached hydrogens (tertiary/aromatic N) is 4. The molecule has 1 aliphatic heterocycles. The molecule has 3 heterocycles. The van der Waals surface area contributed by atoms with Gasteiger partial charge in [-0.05, 0) is 35.9 Å². The summed E-state index contributed by atoms with van der Waals surface area (Å²) < 4.78 is 7.10. The quantitative estimate of drug-likeness (QED) is 0.712.